The summed E-state index contributed by atoms with van der Waals surface area (Å²) in [6.45, 7) is 2.43. The zero-order valence-corrected chi connectivity index (χ0v) is 17.0. The molecule has 2 heterocycles. The Hall–Kier alpha value is -3.52. The molecule has 0 unspecified atom stereocenters. The van der Waals surface area contributed by atoms with Crippen LogP contribution in [0.1, 0.15) is 26.4 Å². The van der Waals surface area contributed by atoms with Crippen molar-refractivity contribution in [1.82, 2.24) is 15.5 Å². The molecule has 4 aromatic rings. The van der Waals surface area contributed by atoms with Gasteiger partial charge in [0.1, 0.15) is 16.5 Å². The van der Waals surface area contributed by atoms with Gasteiger partial charge in [-0.3, -0.25) is 14.7 Å². The van der Waals surface area contributed by atoms with E-state index in [9.17, 15) is 14.0 Å². The number of halogens is 1. The summed E-state index contributed by atoms with van der Waals surface area (Å²) in [5.74, 6) is -0.469. The smallest absolute Gasteiger partial charge is 0.261 e. The van der Waals surface area contributed by atoms with Crippen LogP contribution in [0.15, 0.2) is 54.6 Å². The van der Waals surface area contributed by atoms with Crippen LogP contribution in [-0.4, -0.2) is 22.0 Å². The third kappa shape index (κ3) is 4.55. The van der Waals surface area contributed by atoms with Gasteiger partial charge in [0.05, 0.1) is 16.7 Å². The first-order valence-electron chi connectivity index (χ1n) is 9.34. The monoisotopic (exact) mass is 422 g/mol. The third-order valence-electron chi connectivity index (χ3n) is 4.53. The van der Waals surface area contributed by atoms with Gasteiger partial charge in [-0.2, -0.15) is 5.10 Å². The first kappa shape index (κ1) is 19.8. The number of nitrogens with zero attached hydrogens (tertiary/aromatic N) is 1. The highest BCUT2D eigenvalue weighted by Crippen LogP contribution is 2.29. The Morgan fingerprint density at radius 3 is 2.70 bits per heavy atom. The number of nitrogens with one attached hydrogen (secondary N) is 3. The van der Waals surface area contributed by atoms with E-state index in [4.69, 9.17) is 0 Å². The molecule has 2 amide bonds. The zero-order chi connectivity index (χ0) is 21.1. The molecule has 0 aliphatic carbocycles. The molecule has 0 bridgehead atoms. The number of hydrogen-bond donors (Lipinski definition) is 3. The van der Waals surface area contributed by atoms with Gasteiger partial charge in [0.15, 0.2) is 0 Å². The summed E-state index contributed by atoms with van der Waals surface area (Å²) >= 11 is 1.24. The maximum absolute atomic E-state index is 13.3. The lowest BCUT2D eigenvalue weighted by Crippen LogP contribution is -2.21. The molecule has 0 saturated carbocycles. The maximum Gasteiger partial charge on any atom is 0.261 e. The lowest BCUT2D eigenvalue weighted by atomic mass is 10.1. The van der Waals surface area contributed by atoms with Crippen molar-refractivity contribution in [3.8, 4) is 0 Å². The van der Waals surface area contributed by atoms with Gasteiger partial charge >= 0.3 is 0 Å². The topological polar surface area (TPSA) is 86.9 Å². The van der Waals surface area contributed by atoms with Gasteiger partial charge in [-0.15, -0.1) is 11.3 Å². The van der Waals surface area contributed by atoms with Gasteiger partial charge < -0.3 is 10.6 Å². The molecule has 0 saturated heterocycles. The summed E-state index contributed by atoms with van der Waals surface area (Å²) in [4.78, 5) is 26.0. The minimum atomic E-state index is -0.386. The number of aromatic amines is 1. The molecule has 0 spiro atoms. The molecule has 8 heteroatoms. The quantitative estimate of drug-likeness (QED) is 0.436. The molecule has 0 radical (unpaired) electrons. The molecule has 0 aliphatic rings. The van der Waals surface area contributed by atoms with Crippen LogP contribution in [0.3, 0.4) is 0 Å². The van der Waals surface area contributed by atoms with E-state index < -0.39 is 0 Å². The highest BCUT2D eigenvalue weighted by atomic mass is 32.1. The average molecular weight is 422 g/mol. The minimum Gasteiger partial charge on any atom is -0.347 e. The van der Waals surface area contributed by atoms with Crippen LogP contribution in [0, 0.1) is 12.7 Å². The van der Waals surface area contributed by atoms with Crippen LogP contribution >= 0.6 is 11.3 Å². The number of aromatic nitrogens is 2. The van der Waals surface area contributed by atoms with Crippen LogP contribution in [-0.2, 0) is 17.8 Å². The van der Waals surface area contributed by atoms with Gasteiger partial charge in [0.2, 0.25) is 5.91 Å². The highest BCUT2D eigenvalue weighted by Gasteiger charge is 2.16. The van der Waals surface area contributed by atoms with Crippen molar-refractivity contribution in [2.75, 3.05) is 5.32 Å². The van der Waals surface area contributed by atoms with Gasteiger partial charge in [0.25, 0.3) is 5.91 Å². The Bertz CT molecular complexity index is 1230. The predicted octanol–water partition coefficient (Wildman–Crippen LogP) is 4.18. The second-order valence-electron chi connectivity index (χ2n) is 6.95. The lowest BCUT2D eigenvalue weighted by Gasteiger charge is -2.05. The first-order chi connectivity index (χ1) is 14.5. The van der Waals surface area contributed by atoms with Gasteiger partial charge in [0, 0.05) is 6.54 Å². The van der Waals surface area contributed by atoms with Crippen LogP contribution < -0.4 is 10.6 Å². The minimum absolute atomic E-state index is 0.0340. The predicted molar refractivity (Wildman–Crippen MR) is 115 cm³/mol. The molecule has 152 valence electrons. The number of thiophene rings is 1. The first-order valence-corrected chi connectivity index (χ1v) is 10.2. The zero-order valence-electron chi connectivity index (χ0n) is 16.2. The Morgan fingerprint density at radius 2 is 1.90 bits per heavy atom. The Kier molecular flexibility index (Phi) is 5.58. The molecule has 6 nitrogen and oxygen atoms in total. The fourth-order valence-corrected chi connectivity index (χ4v) is 4.04. The summed E-state index contributed by atoms with van der Waals surface area (Å²) in [6, 6.07) is 15.5. The Morgan fingerprint density at radius 1 is 1.10 bits per heavy atom. The number of anilines is 1. The standard InChI is InChI=1S/C22H19FN4O2S/c1-13-4-2-6-15(8-13)12-24-21(29)18-11-17-20(26-27-22(17)30-18)25-19(28)10-14-5-3-7-16(23)9-14/h2-9,11H,10,12H2,1H3,(H,24,29)(H2,25,26,27,28). The van der Waals surface area contributed by atoms with Crippen molar-refractivity contribution in [2.24, 2.45) is 0 Å². The highest BCUT2D eigenvalue weighted by molar-refractivity contribution is 7.20. The molecular formula is C22H19FN4O2S. The normalized spacial score (nSPS) is 10.9. The van der Waals surface area contributed by atoms with Crippen LogP contribution in [0.4, 0.5) is 10.2 Å². The number of aryl methyl sites for hydroxylation is 1. The van der Waals surface area contributed by atoms with E-state index >= 15 is 0 Å². The second kappa shape index (κ2) is 8.46. The number of hydrogen-bond acceptors (Lipinski definition) is 4. The van der Waals surface area contributed by atoms with Crippen LogP contribution in [0.2, 0.25) is 0 Å². The van der Waals surface area contributed by atoms with Gasteiger partial charge in [-0.25, -0.2) is 4.39 Å². The molecule has 30 heavy (non-hydrogen) atoms. The number of amides is 2. The molecular weight excluding hydrogens is 403 g/mol. The van der Waals surface area contributed by atoms with Crippen LogP contribution in [0.25, 0.3) is 10.2 Å². The van der Waals surface area contributed by atoms with Crippen molar-refractivity contribution in [1.29, 1.82) is 0 Å². The van der Waals surface area contributed by atoms with Gasteiger partial charge in [-0.05, 0) is 36.2 Å². The van der Waals surface area contributed by atoms with Crippen molar-refractivity contribution < 1.29 is 14.0 Å². The van der Waals surface area contributed by atoms with E-state index in [0.29, 0.717) is 33.0 Å². The Balaban J connectivity index is 1.42. The molecule has 4 rings (SSSR count). The summed E-state index contributed by atoms with van der Waals surface area (Å²) in [7, 11) is 0. The second-order valence-corrected chi connectivity index (χ2v) is 7.99. The molecule has 2 aromatic carbocycles. The molecule has 2 aromatic heterocycles. The van der Waals surface area contributed by atoms with Crippen molar-refractivity contribution >= 4 is 39.2 Å². The number of benzene rings is 2. The van der Waals surface area contributed by atoms with Crippen molar-refractivity contribution in [3.63, 3.8) is 0 Å². The van der Waals surface area contributed by atoms with Crippen molar-refractivity contribution in [2.45, 2.75) is 19.9 Å². The van der Waals surface area contributed by atoms with Crippen molar-refractivity contribution in [3.05, 3.63) is 82.0 Å². The van der Waals surface area contributed by atoms with E-state index in [-0.39, 0.29) is 24.1 Å². The average Bonchev–Trinajstić information content (AvgIpc) is 3.28. The molecule has 0 atom stereocenters. The number of fused-ring (bicyclic) bond motifs is 1. The largest absolute Gasteiger partial charge is 0.347 e. The maximum atomic E-state index is 13.3. The van der Waals surface area contributed by atoms with E-state index in [1.807, 2.05) is 31.2 Å². The number of rotatable bonds is 6. The van der Waals surface area contributed by atoms with E-state index in [2.05, 4.69) is 20.8 Å². The number of H-pyrrole nitrogens is 1. The van der Waals surface area contributed by atoms with Crippen LogP contribution in [0.5, 0.6) is 0 Å². The lowest BCUT2D eigenvalue weighted by molar-refractivity contribution is -0.115. The summed E-state index contributed by atoms with van der Waals surface area (Å²) in [5.41, 5.74) is 2.73. The molecule has 0 fully saturated rings. The fraction of sp³-hybridized carbons (Fsp3) is 0.136. The molecule has 3 N–H and O–H groups in total. The summed E-state index contributed by atoms with van der Waals surface area (Å²) < 4.78 is 13.3. The van der Waals surface area contributed by atoms with E-state index in [1.54, 1.807) is 18.2 Å². The third-order valence-corrected chi connectivity index (χ3v) is 5.56. The van der Waals surface area contributed by atoms with E-state index in [0.717, 1.165) is 11.1 Å². The molecule has 0 aliphatic heterocycles. The number of carbonyl (C=O) groups excluding carboxylic acids is 2. The number of carbonyl (C=O) groups is 2. The SMILES string of the molecule is Cc1cccc(CNC(=O)c2cc3c(NC(=O)Cc4cccc(F)c4)[nH]nc3s2)c1. The van der Waals surface area contributed by atoms with Gasteiger partial charge in [-0.1, -0.05) is 42.0 Å². The summed E-state index contributed by atoms with van der Waals surface area (Å²) in [6.07, 6.45) is 0.0340. The fourth-order valence-electron chi connectivity index (χ4n) is 3.13. The van der Waals surface area contributed by atoms with E-state index in [1.165, 1.54) is 23.5 Å². The summed E-state index contributed by atoms with van der Waals surface area (Å²) in [5, 5.41) is 13.2. The Labute approximate surface area is 176 Å².